The van der Waals surface area contributed by atoms with Gasteiger partial charge in [-0.25, -0.2) is 0 Å². The van der Waals surface area contributed by atoms with Crippen molar-refractivity contribution in [1.29, 1.82) is 5.26 Å². The van der Waals surface area contributed by atoms with Crippen LogP contribution in [0, 0.1) is 11.3 Å². The second-order valence-electron chi connectivity index (χ2n) is 4.78. The number of piperazine rings is 1. The molecule has 5 heteroatoms. The molecule has 0 radical (unpaired) electrons. The number of nitrogens with one attached hydrogen (secondary N) is 1. The van der Waals surface area contributed by atoms with Gasteiger partial charge in [-0.1, -0.05) is 18.2 Å². The Bertz CT molecular complexity index is 538. The fraction of sp³-hybridized carbons (Fsp3) is 0.429. The number of amides is 1. The fourth-order valence-corrected chi connectivity index (χ4v) is 2.65. The molecule has 19 heavy (non-hydrogen) atoms. The van der Waals surface area contributed by atoms with E-state index < -0.39 is 0 Å². The van der Waals surface area contributed by atoms with Crippen LogP contribution in [0.4, 0.5) is 0 Å². The van der Waals surface area contributed by atoms with Crippen LogP contribution in [0.2, 0.25) is 0 Å². The molecule has 2 unspecified atom stereocenters. The summed E-state index contributed by atoms with van der Waals surface area (Å²) in [5.41, 5.74) is 0.933. The van der Waals surface area contributed by atoms with Gasteiger partial charge in [0, 0.05) is 25.2 Å². The first-order chi connectivity index (χ1) is 9.31. The van der Waals surface area contributed by atoms with Crippen molar-refractivity contribution in [1.82, 2.24) is 10.2 Å². The molecule has 2 heterocycles. The topological polar surface area (TPSA) is 65.4 Å². The minimum Gasteiger partial charge on any atom is -0.492 e. The van der Waals surface area contributed by atoms with Crippen molar-refractivity contribution < 1.29 is 9.53 Å². The van der Waals surface area contributed by atoms with Gasteiger partial charge in [0.1, 0.15) is 24.3 Å². The summed E-state index contributed by atoms with van der Waals surface area (Å²) in [7, 11) is 0. The largest absolute Gasteiger partial charge is 0.492 e. The van der Waals surface area contributed by atoms with Crippen LogP contribution < -0.4 is 10.1 Å². The average molecular weight is 257 g/mol. The lowest BCUT2D eigenvalue weighted by Crippen LogP contribution is -2.54. The molecule has 1 amide bonds. The highest BCUT2D eigenvalue weighted by Gasteiger charge is 2.36. The number of carbonyl (C=O) groups excluding carboxylic acids is 1. The van der Waals surface area contributed by atoms with Crippen LogP contribution in [0.3, 0.4) is 0 Å². The number of rotatable bonds is 1. The molecule has 1 aromatic carbocycles. The molecular formula is C14H15N3O2. The molecule has 3 rings (SSSR count). The van der Waals surface area contributed by atoms with Crippen LogP contribution in [-0.4, -0.2) is 43.1 Å². The molecule has 0 spiro atoms. The third-order valence-electron chi connectivity index (χ3n) is 3.67. The van der Waals surface area contributed by atoms with E-state index in [4.69, 9.17) is 10.00 Å². The zero-order chi connectivity index (χ0) is 13.2. The molecule has 1 aromatic rings. The molecule has 0 aliphatic carbocycles. The molecule has 1 N–H and O–H groups in total. The number of nitrogens with zero attached hydrogens (tertiary/aromatic N) is 2. The van der Waals surface area contributed by atoms with Gasteiger partial charge in [-0.3, -0.25) is 4.79 Å². The van der Waals surface area contributed by atoms with E-state index in [2.05, 4.69) is 11.4 Å². The lowest BCUT2D eigenvalue weighted by molar-refractivity contribution is -0.135. The van der Waals surface area contributed by atoms with Gasteiger partial charge in [0.05, 0.1) is 6.07 Å². The Kier molecular flexibility index (Phi) is 3.10. The molecule has 0 saturated carbocycles. The summed E-state index contributed by atoms with van der Waals surface area (Å²) in [5, 5.41) is 12.3. The van der Waals surface area contributed by atoms with Gasteiger partial charge < -0.3 is 15.0 Å². The van der Waals surface area contributed by atoms with E-state index in [0.29, 0.717) is 19.7 Å². The molecular weight excluding hydrogens is 242 g/mol. The van der Waals surface area contributed by atoms with Crippen molar-refractivity contribution in [3.63, 3.8) is 0 Å². The predicted octanol–water partition coefficient (Wildman–Crippen LogP) is 0.487. The summed E-state index contributed by atoms with van der Waals surface area (Å²) in [6.07, 6.45) is 0. The Morgan fingerprint density at radius 3 is 3.16 bits per heavy atom. The third-order valence-corrected chi connectivity index (χ3v) is 3.67. The van der Waals surface area contributed by atoms with Gasteiger partial charge in [0.25, 0.3) is 0 Å². The Labute approximate surface area is 111 Å². The second kappa shape index (κ2) is 4.90. The van der Waals surface area contributed by atoms with Crippen LogP contribution in [0.1, 0.15) is 11.5 Å². The van der Waals surface area contributed by atoms with Gasteiger partial charge in [-0.05, 0) is 6.07 Å². The minimum atomic E-state index is -0.381. The molecule has 98 valence electrons. The Morgan fingerprint density at radius 2 is 2.32 bits per heavy atom. The van der Waals surface area contributed by atoms with Crippen molar-refractivity contribution >= 4 is 5.91 Å². The summed E-state index contributed by atoms with van der Waals surface area (Å²) in [6.45, 7) is 2.23. The molecule has 0 aromatic heterocycles. The first kappa shape index (κ1) is 12.0. The summed E-state index contributed by atoms with van der Waals surface area (Å²) in [4.78, 5) is 14.3. The monoisotopic (exact) mass is 257 g/mol. The number of para-hydroxylation sites is 1. The zero-order valence-electron chi connectivity index (χ0n) is 10.5. The minimum absolute atomic E-state index is 0.00185. The van der Waals surface area contributed by atoms with E-state index in [1.165, 1.54) is 0 Å². The highest BCUT2D eigenvalue weighted by molar-refractivity contribution is 5.86. The maximum atomic E-state index is 12.6. The van der Waals surface area contributed by atoms with Gasteiger partial charge in [0.2, 0.25) is 5.91 Å². The van der Waals surface area contributed by atoms with Crippen LogP contribution in [0.25, 0.3) is 0 Å². The number of hydrogen-bond acceptors (Lipinski definition) is 4. The second-order valence-corrected chi connectivity index (χ2v) is 4.78. The van der Waals surface area contributed by atoms with Crippen molar-refractivity contribution in [2.24, 2.45) is 0 Å². The Morgan fingerprint density at radius 1 is 1.47 bits per heavy atom. The van der Waals surface area contributed by atoms with Gasteiger partial charge in [0.15, 0.2) is 0 Å². The average Bonchev–Trinajstić information content (AvgIpc) is 2.90. The van der Waals surface area contributed by atoms with Gasteiger partial charge in [-0.2, -0.15) is 5.26 Å². The normalized spacial score (nSPS) is 25.3. The highest BCUT2D eigenvalue weighted by Crippen LogP contribution is 2.34. The molecule has 1 fully saturated rings. The number of nitriles is 1. The van der Waals surface area contributed by atoms with Crippen LogP contribution in [0.15, 0.2) is 24.3 Å². The number of benzene rings is 1. The van der Waals surface area contributed by atoms with Crippen molar-refractivity contribution in [2.45, 2.75) is 12.0 Å². The molecule has 2 aliphatic rings. The lowest BCUT2D eigenvalue weighted by Gasteiger charge is -2.33. The molecule has 0 bridgehead atoms. The highest BCUT2D eigenvalue weighted by atomic mass is 16.5. The molecule has 1 saturated heterocycles. The third kappa shape index (κ3) is 2.04. The van der Waals surface area contributed by atoms with Crippen LogP contribution in [-0.2, 0) is 4.79 Å². The van der Waals surface area contributed by atoms with E-state index in [1.807, 2.05) is 24.3 Å². The summed E-state index contributed by atoms with van der Waals surface area (Å²) in [5.74, 6) is 0.507. The first-order valence-corrected chi connectivity index (χ1v) is 6.44. The number of ether oxygens (including phenoxy) is 1. The maximum Gasteiger partial charge on any atom is 0.234 e. The maximum absolute atomic E-state index is 12.6. The van der Waals surface area contributed by atoms with Crippen molar-refractivity contribution in [3.05, 3.63) is 29.8 Å². The summed E-state index contributed by atoms with van der Waals surface area (Å²) >= 11 is 0. The summed E-state index contributed by atoms with van der Waals surface area (Å²) < 4.78 is 5.55. The van der Waals surface area contributed by atoms with E-state index in [0.717, 1.165) is 17.9 Å². The molecule has 2 atom stereocenters. The van der Waals surface area contributed by atoms with Crippen LogP contribution in [0.5, 0.6) is 5.75 Å². The standard InChI is InChI=1S/C14H15N3O2/c15-7-10-8-16-5-6-17(10)14(18)12-9-19-13-4-2-1-3-11(12)13/h1-4,10,12,16H,5-6,8-9H2. The Hall–Kier alpha value is -2.06. The Balaban J connectivity index is 1.83. The lowest BCUT2D eigenvalue weighted by atomic mass is 9.98. The van der Waals surface area contributed by atoms with Gasteiger partial charge >= 0.3 is 0 Å². The quantitative estimate of drug-likeness (QED) is 0.795. The van der Waals surface area contributed by atoms with E-state index in [-0.39, 0.29) is 17.9 Å². The number of carbonyl (C=O) groups is 1. The van der Waals surface area contributed by atoms with Gasteiger partial charge in [-0.15, -0.1) is 0 Å². The van der Waals surface area contributed by atoms with Crippen molar-refractivity contribution in [3.8, 4) is 11.8 Å². The number of hydrogen-bond donors (Lipinski definition) is 1. The van der Waals surface area contributed by atoms with Crippen molar-refractivity contribution in [2.75, 3.05) is 26.2 Å². The van der Waals surface area contributed by atoms with E-state index >= 15 is 0 Å². The fourth-order valence-electron chi connectivity index (χ4n) is 2.65. The zero-order valence-corrected chi connectivity index (χ0v) is 10.5. The molecule has 2 aliphatic heterocycles. The molecule has 5 nitrogen and oxygen atoms in total. The number of fused-ring (bicyclic) bond motifs is 1. The van der Waals surface area contributed by atoms with E-state index in [1.54, 1.807) is 4.90 Å². The summed E-state index contributed by atoms with van der Waals surface area (Å²) in [6, 6.07) is 9.41. The SMILES string of the molecule is N#CC1CNCCN1C(=O)C1COc2ccccc21. The van der Waals surface area contributed by atoms with Crippen LogP contribution >= 0.6 is 0 Å². The first-order valence-electron chi connectivity index (χ1n) is 6.44. The van der Waals surface area contributed by atoms with E-state index in [9.17, 15) is 4.79 Å². The smallest absolute Gasteiger partial charge is 0.234 e. The predicted molar refractivity (Wildman–Crippen MR) is 68.7 cm³/mol.